The fraction of sp³-hybridized carbons (Fsp3) is 0.467. The minimum Gasteiger partial charge on any atom is -0.481 e. The molecule has 1 aromatic rings. The van der Waals surface area contributed by atoms with Crippen LogP contribution in [0.15, 0.2) is 22.7 Å². The highest BCUT2D eigenvalue weighted by atomic mass is 79.9. The number of piperidine rings is 1. The number of carboxylic acids is 1. The molecule has 0 radical (unpaired) electrons. The van der Waals surface area contributed by atoms with Gasteiger partial charge in [0.2, 0.25) is 0 Å². The van der Waals surface area contributed by atoms with Gasteiger partial charge in [0.15, 0.2) is 0 Å². The second-order valence-electron chi connectivity index (χ2n) is 5.55. The standard InChI is InChI=1S/C15H18BrNO3/c1-9-5-11(15(19)20)8-17(7-9)14(18)13-6-12(16)4-3-10(13)2/h3-4,6,9,11H,5,7-8H2,1-2H3,(H,19,20). The molecule has 2 atom stereocenters. The molecule has 0 spiro atoms. The Hall–Kier alpha value is -1.36. The second kappa shape index (κ2) is 5.95. The highest BCUT2D eigenvalue weighted by Gasteiger charge is 2.32. The van der Waals surface area contributed by atoms with E-state index in [1.165, 1.54) is 0 Å². The second-order valence-corrected chi connectivity index (χ2v) is 6.46. The number of carbonyl (C=O) groups is 2. The quantitative estimate of drug-likeness (QED) is 0.901. The maximum atomic E-state index is 12.6. The zero-order valence-electron chi connectivity index (χ0n) is 11.6. The summed E-state index contributed by atoms with van der Waals surface area (Å²) in [6.07, 6.45) is 0.635. The number of amides is 1. The Morgan fingerprint density at radius 1 is 1.35 bits per heavy atom. The van der Waals surface area contributed by atoms with Crippen molar-refractivity contribution in [1.82, 2.24) is 4.90 Å². The first-order valence-corrected chi connectivity index (χ1v) is 7.46. The van der Waals surface area contributed by atoms with Gasteiger partial charge in [0.1, 0.15) is 0 Å². The van der Waals surface area contributed by atoms with E-state index < -0.39 is 11.9 Å². The monoisotopic (exact) mass is 339 g/mol. The number of aryl methyl sites for hydroxylation is 1. The number of nitrogens with zero attached hydrogens (tertiary/aromatic N) is 1. The van der Waals surface area contributed by atoms with Gasteiger partial charge in [-0.2, -0.15) is 0 Å². The molecule has 1 N–H and O–H groups in total. The maximum absolute atomic E-state index is 12.6. The third-order valence-corrected chi connectivity index (χ3v) is 4.22. The predicted octanol–water partition coefficient (Wildman–Crippen LogP) is 2.94. The van der Waals surface area contributed by atoms with Gasteiger partial charge < -0.3 is 10.0 Å². The van der Waals surface area contributed by atoms with E-state index in [-0.39, 0.29) is 11.8 Å². The molecule has 108 valence electrons. The van der Waals surface area contributed by atoms with E-state index in [1.54, 1.807) is 11.0 Å². The molecular weight excluding hydrogens is 322 g/mol. The van der Waals surface area contributed by atoms with Crippen molar-refractivity contribution < 1.29 is 14.7 Å². The predicted molar refractivity (Wildman–Crippen MR) is 79.7 cm³/mol. The van der Waals surface area contributed by atoms with E-state index in [9.17, 15) is 14.7 Å². The smallest absolute Gasteiger partial charge is 0.308 e. The van der Waals surface area contributed by atoms with E-state index in [0.717, 1.165) is 10.0 Å². The Balaban J connectivity index is 2.23. The molecule has 1 fully saturated rings. The number of hydrogen-bond donors (Lipinski definition) is 1. The van der Waals surface area contributed by atoms with Crippen molar-refractivity contribution in [3.8, 4) is 0 Å². The molecule has 2 rings (SSSR count). The normalized spacial score (nSPS) is 22.6. The number of halogens is 1. The van der Waals surface area contributed by atoms with Crippen molar-refractivity contribution in [3.63, 3.8) is 0 Å². The van der Waals surface area contributed by atoms with Crippen LogP contribution in [0.2, 0.25) is 0 Å². The highest BCUT2D eigenvalue weighted by molar-refractivity contribution is 9.10. The molecule has 0 aromatic heterocycles. The van der Waals surface area contributed by atoms with Gasteiger partial charge >= 0.3 is 5.97 Å². The summed E-state index contributed by atoms with van der Waals surface area (Å²) in [5.74, 6) is -1.15. The van der Waals surface area contributed by atoms with Crippen molar-refractivity contribution >= 4 is 27.8 Å². The first kappa shape index (κ1) is 15.0. The van der Waals surface area contributed by atoms with Crippen LogP contribution in [0.4, 0.5) is 0 Å². The zero-order valence-corrected chi connectivity index (χ0v) is 13.2. The molecule has 1 aromatic carbocycles. The Morgan fingerprint density at radius 2 is 2.05 bits per heavy atom. The topological polar surface area (TPSA) is 57.6 Å². The van der Waals surface area contributed by atoms with Crippen LogP contribution in [0, 0.1) is 18.8 Å². The number of carboxylic acid groups (broad SMARTS) is 1. The van der Waals surface area contributed by atoms with Crippen LogP contribution in [-0.4, -0.2) is 35.0 Å². The van der Waals surface area contributed by atoms with Crippen molar-refractivity contribution in [2.75, 3.05) is 13.1 Å². The number of benzene rings is 1. The zero-order chi connectivity index (χ0) is 14.9. The Kier molecular flexibility index (Phi) is 4.48. The number of rotatable bonds is 2. The molecule has 1 heterocycles. The van der Waals surface area contributed by atoms with Crippen LogP contribution in [0.1, 0.15) is 29.3 Å². The van der Waals surface area contributed by atoms with E-state index in [0.29, 0.717) is 25.1 Å². The summed E-state index contributed by atoms with van der Waals surface area (Å²) in [5.41, 5.74) is 1.54. The maximum Gasteiger partial charge on any atom is 0.308 e. The summed E-state index contributed by atoms with van der Waals surface area (Å²) in [6, 6.07) is 5.58. The average Bonchev–Trinajstić information content (AvgIpc) is 2.40. The number of aliphatic carboxylic acids is 1. The number of hydrogen-bond acceptors (Lipinski definition) is 2. The van der Waals surface area contributed by atoms with Crippen LogP contribution >= 0.6 is 15.9 Å². The third kappa shape index (κ3) is 3.20. The van der Waals surface area contributed by atoms with Crippen molar-refractivity contribution in [2.24, 2.45) is 11.8 Å². The molecule has 2 unspecified atom stereocenters. The largest absolute Gasteiger partial charge is 0.481 e. The summed E-state index contributed by atoms with van der Waals surface area (Å²) in [4.78, 5) is 25.4. The summed E-state index contributed by atoms with van der Waals surface area (Å²) >= 11 is 3.37. The Morgan fingerprint density at radius 3 is 2.70 bits per heavy atom. The van der Waals surface area contributed by atoms with Crippen molar-refractivity contribution in [1.29, 1.82) is 0 Å². The van der Waals surface area contributed by atoms with E-state index in [1.807, 2.05) is 26.0 Å². The molecule has 5 heteroatoms. The fourth-order valence-electron chi connectivity index (χ4n) is 2.69. The third-order valence-electron chi connectivity index (χ3n) is 3.73. The minimum absolute atomic E-state index is 0.0819. The first-order chi connectivity index (χ1) is 9.38. The van der Waals surface area contributed by atoms with Gasteiger partial charge in [-0.1, -0.05) is 28.9 Å². The lowest BCUT2D eigenvalue weighted by molar-refractivity contribution is -0.143. The average molecular weight is 340 g/mol. The van der Waals surface area contributed by atoms with Crippen LogP contribution < -0.4 is 0 Å². The van der Waals surface area contributed by atoms with Gasteiger partial charge in [-0.3, -0.25) is 9.59 Å². The van der Waals surface area contributed by atoms with Gasteiger partial charge in [0.05, 0.1) is 5.92 Å². The minimum atomic E-state index is -0.819. The molecule has 1 saturated heterocycles. The summed E-state index contributed by atoms with van der Waals surface area (Å²) in [7, 11) is 0. The molecule has 1 amide bonds. The lowest BCUT2D eigenvalue weighted by Gasteiger charge is -2.35. The molecule has 1 aliphatic heterocycles. The van der Waals surface area contributed by atoms with E-state index >= 15 is 0 Å². The molecule has 0 bridgehead atoms. The molecule has 0 saturated carbocycles. The number of likely N-dealkylation sites (tertiary alicyclic amines) is 1. The molecule has 20 heavy (non-hydrogen) atoms. The van der Waals surface area contributed by atoms with Crippen LogP contribution in [0.25, 0.3) is 0 Å². The lowest BCUT2D eigenvalue weighted by atomic mass is 9.90. The van der Waals surface area contributed by atoms with Crippen LogP contribution in [0.5, 0.6) is 0 Å². The van der Waals surface area contributed by atoms with Crippen molar-refractivity contribution in [2.45, 2.75) is 20.3 Å². The fourth-order valence-corrected chi connectivity index (χ4v) is 3.05. The van der Waals surface area contributed by atoms with Crippen LogP contribution in [-0.2, 0) is 4.79 Å². The summed E-state index contributed by atoms with van der Waals surface area (Å²) < 4.78 is 0.853. The SMILES string of the molecule is Cc1ccc(Br)cc1C(=O)N1CC(C)CC(C(=O)O)C1. The molecule has 1 aliphatic rings. The van der Waals surface area contributed by atoms with Gasteiger partial charge in [-0.25, -0.2) is 0 Å². The van der Waals surface area contributed by atoms with Gasteiger partial charge in [0.25, 0.3) is 5.91 Å². The van der Waals surface area contributed by atoms with E-state index in [4.69, 9.17) is 0 Å². The Labute approximate surface area is 126 Å². The summed E-state index contributed by atoms with van der Waals surface area (Å²) in [6.45, 7) is 4.80. The highest BCUT2D eigenvalue weighted by Crippen LogP contribution is 2.25. The molecular formula is C15H18BrNO3. The summed E-state index contributed by atoms with van der Waals surface area (Å²) in [5, 5.41) is 9.18. The van der Waals surface area contributed by atoms with E-state index in [2.05, 4.69) is 15.9 Å². The number of carbonyl (C=O) groups excluding carboxylic acids is 1. The Bertz CT molecular complexity index is 544. The van der Waals surface area contributed by atoms with Crippen molar-refractivity contribution in [3.05, 3.63) is 33.8 Å². The van der Waals surface area contributed by atoms with Crippen LogP contribution in [0.3, 0.4) is 0 Å². The molecule has 0 aliphatic carbocycles. The first-order valence-electron chi connectivity index (χ1n) is 6.66. The molecule has 4 nitrogen and oxygen atoms in total. The lowest BCUT2D eigenvalue weighted by Crippen LogP contribution is -2.45. The van der Waals surface area contributed by atoms with Gasteiger partial charge in [-0.15, -0.1) is 0 Å². The van der Waals surface area contributed by atoms with Gasteiger partial charge in [0, 0.05) is 23.1 Å². The van der Waals surface area contributed by atoms with Gasteiger partial charge in [-0.05, 0) is 37.0 Å².